The van der Waals surface area contributed by atoms with Gasteiger partial charge in [0.2, 0.25) is 0 Å². The van der Waals surface area contributed by atoms with E-state index in [1.54, 1.807) is 0 Å². The summed E-state index contributed by atoms with van der Waals surface area (Å²) in [6, 6.07) is 23.5. The van der Waals surface area contributed by atoms with Gasteiger partial charge in [0.05, 0.1) is 17.5 Å². The maximum atomic E-state index is 12.8. The summed E-state index contributed by atoms with van der Waals surface area (Å²) in [4.78, 5) is 24.3. The summed E-state index contributed by atoms with van der Waals surface area (Å²) in [7, 11) is 0. The van der Waals surface area contributed by atoms with Crippen molar-refractivity contribution in [2.24, 2.45) is 0 Å². The Morgan fingerprint density at radius 2 is 1.49 bits per heavy atom. The molecule has 188 valence electrons. The first-order valence-corrected chi connectivity index (χ1v) is 12.4. The molecule has 0 amide bonds. The first kappa shape index (κ1) is 24.5. The lowest BCUT2D eigenvalue weighted by Gasteiger charge is -2.14. The van der Waals surface area contributed by atoms with Crippen LogP contribution in [0.25, 0.3) is 22.5 Å². The third-order valence-electron chi connectivity index (χ3n) is 7.24. The van der Waals surface area contributed by atoms with Crippen molar-refractivity contribution < 1.29 is 24.0 Å². The molecule has 0 aliphatic heterocycles. The molecule has 1 fully saturated rings. The molecule has 1 atom stereocenters. The number of nitrogens with zero attached hydrogens (tertiary/aromatic N) is 1. The van der Waals surface area contributed by atoms with Crippen LogP contribution in [0, 0.1) is 13.8 Å². The number of rotatable bonds is 8. The molecule has 1 aromatic heterocycles. The number of hydrogen-bond donors (Lipinski definition) is 1. The summed E-state index contributed by atoms with van der Waals surface area (Å²) >= 11 is 0. The smallest absolute Gasteiger partial charge is 0.314 e. The van der Waals surface area contributed by atoms with Crippen LogP contribution in [0.15, 0.2) is 77.3 Å². The van der Waals surface area contributed by atoms with Crippen molar-refractivity contribution in [3.8, 4) is 22.5 Å². The molecule has 1 saturated carbocycles. The van der Waals surface area contributed by atoms with Gasteiger partial charge >= 0.3 is 11.9 Å². The van der Waals surface area contributed by atoms with Crippen molar-refractivity contribution in [2.75, 3.05) is 0 Å². The van der Waals surface area contributed by atoms with E-state index in [-0.39, 0.29) is 18.5 Å². The summed E-state index contributed by atoms with van der Waals surface area (Å²) in [6.07, 6.45) is 1.09. The lowest BCUT2D eigenvalue weighted by Crippen LogP contribution is -2.19. The average molecular weight is 495 g/mol. The average Bonchev–Trinajstić information content (AvgIpc) is 3.64. The van der Waals surface area contributed by atoms with Gasteiger partial charge in [-0.2, -0.15) is 0 Å². The SMILES string of the molecule is Cc1noc(-c2ccc(-c3ccc(C4(C(=O)O)CC4)cc3)cc2)c1CC(=O)O[C@H](C)c1ccc([11CH3])cc1. The van der Waals surface area contributed by atoms with E-state index in [9.17, 15) is 14.7 Å². The minimum absolute atomic E-state index is 0.0649. The highest BCUT2D eigenvalue weighted by Gasteiger charge is 2.51. The highest BCUT2D eigenvalue weighted by atomic mass is 16.5. The van der Waals surface area contributed by atoms with Crippen LogP contribution in [0.3, 0.4) is 0 Å². The van der Waals surface area contributed by atoms with Crippen molar-refractivity contribution in [3.05, 3.63) is 101 Å². The van der Waals surface area contributed by atoms with Gasteiger partial charge in [0.25, 0.3) is 0 Å². The fourth-order valence-corrected chi connectivity index (χ4v) is 4.66. The fraction of sp³-hybridized carbons (Fsp3) is 0.258. The Hall–Kier alpha value is -4.19. The molecule has 0 saturated heterocycles. The zero-order valence-electron chi connectivity index (χ0n) is 21.2. The van der Waals surface area contributed by atoms with Gasteiger partial charge in [-0.05, 0) is 55.9 Å². The quantitative estimate of drug-likeness (QED) is 0.278. The molecule has 1 N–H and O–H groups in total. The molecular formula is C31H29NO5. The number of aryl methyl sites for hydroxylation is 2. The third kappa shape index (κ3) is 4.92. The number of esters is 1. The molecule has 1 heterocycles. The maximum Gasteiger partial charge on any atom is 0.314 e. The van der Waals surface area contributed by atoms with E-state index in [1.165, 1.54) is 0 Å². The minimum atomic E-state index is -0.753. The molecule has 1 aliphatic rings. The zero-order chi connectivity index (χ0) is 26.2. The molecular weight excluding hydrogens is 465 g/mol. The number of ether oxygens (including phenoxy) is 1. The standard InChI is InChI=1S/C31H29NO5/c1-19-4-6-22(7-5-19)21(3)36-28(33)18-27-20(2)32-37-29(27)25-10-8-23(9-11-25)24-12-14-26(15-13-24)31(16-17-31)30(34)35/h4-15,21H,16-18H2,1-3H3,(H,34,35)/t21-/m1/s1/i1-1. The second-order valence-electron chi connectivity index (χ2n) is 9.84. The van der Waals surface area contributed by atoms with Crippen molar-refractivity contribution in [2.45, 2.75) is 51.6 Å². The molecule has 1 aliphatic carbocycles. The number of benzene rings is 3. The van der Waals surface area contributed by atoms with Crippen molar-refractivity contribution in [3.63, 3.8) is 0 Å². The van der Waals surface area contributed by atoms with Crippen molar-refractivity contribution in [1.29, 1.82) is 0 Å². The van der Waals surface area contributed by atoms with E-state index in [1.807, 2.05) is 93.6 Å². The summed E-state index contributed by atoms with van der Waals surface area (Å²) in [5.74, 6) is -0.542. The van der Waals surface area contributed by atoms with E-state index in [2.05, 4.69) is 5.16 Å². The highest BCUT2D eigenvalue weighted by molar-refractivity contribution is 5.85. The highest BCUT2D eigenvalue weighted by Crippen LogP contribution is 2.48. The van der Waals surface area contributed by atoms with Crippen LogP contribution in [0.2, 0.25) is 0 Å². The van der Waals surface area contributed by atoms with Crippen LogP contribution in [0.1, 0.15) is 53.8 Å². The molecule has 0 spiro atoms. The van der Waals surface area contributed by atoms with Gasteiger partial charge in [-0.1, -0.05) is 83.5 Å². The summed E-state index contributed by atoms with van der Waals surface area (Å²) in [5, 5.41) is 13.6. The van der Waals surface area contributed by atoms with Gasteiger partial charge in [0.1, 0.15) is 6.10 Å². The number of carboxylic acid groups (broad SMARTS) is 1. The van der Waals surface area contributed by atoms with Gasteiger partial charge in [-0.25, -0.2) is 0 Å². The number of carboxylic acids is 1. The molecule has 37 heavy (non-hydrogen) atoms. The minimum Gasteiger partial charge on any atom is -0.481 e. The van der Waals surface area contributed by atoms with Gasteiger partial charge in [-0.15, -0.1) is 0 Å². The first-order valence-electron chi connectivity index (χ1n) is 12.4. The van der Waals surface area contributed by atoms with Crippen LogP contribution in [0.5, 0.6) is 0 Å². The monoisotopic (exact) mass is 494 g/mol. The fourth-order valence-electron chi connectivity index (χ4n) is 4.66. The first-order chi connectivity index (χ1) is 17.8. The summed E-state index contributed by atoms with van der Waals surface area (Å²) < 4.78 is 11.3. The van der Waals surface area contributed by atoms with Crippen LogP contribution in [-0.4, -0.2) is 22.2 Å². The third-order valence-corrected chi connectivity index (χ3v) is 7.24. The van der Waals surface area contributed by atoms with Crippen LogP contribution in [-0.2, 0) is 26.2 Å². The van der Waals surface area contributed by atoms with Gasteiger partial charge in [0.15, 0.2) is 5.76 Å². The van der Waals surface area contributed by atoms with Gasteiger partial charge in [0, 0.05) is 11.1 Å². The molecule has 0 unspecified atom stereocenters. The Kier molecular flexibility index (Phi) is 6.42. The summed E-state index contributed by atoms with van der Waals surface area (Å²) in [5.41, 5.74) is 6.42. The van der Waals surface area contributed by atoms with E-state index in [4.69, 9.17) is 9.26 Å². The predicted octanol–water partition coefficient (Wildman–Crippen LogP) is 6.59. The lowest BCUT2D eigenvalue weighted by atomic mass is 9.93. The van der Waals surface area contributed by atoms with E-state index < -0.39 is 11.4 Å². The molecule has 6 heteroatoms. The molecule has 5 rings (SSSR count). The van der Waals surface area contributed by atoms with E-state index >= 15 is 0 Å². The molecule has 4 aromatic rings. The van der Waals surface area contributed by atoms with E-state index in [0.717, 1.165) is 33.4 Å². The van der Waals surface area contributed by atoms with Crippen molar-refractivity contribution in [1.82, 2.24) is 5.16 Å². The van der Waals surface area contributed by atoms with Gasteiger partial charge in [-0.3, -0.25) is 9.59 Å². The second kappa shape index (κ2) is 9.69. The number of carbonyl (C=O) groups excluding carboxylic acids is 1. The Morgan fingerprint density at radius 1 is 0.919 bits per heavy atom. The molecule has 0 bridgehead atoms. The number of carbonyl (C=O) groups is 2. The van der Waals surface area contributed by atoms with Crippen LogP contribution >= 0.6 is 0 Å². The number of aromatic nitrogens is 1. The zero-order valence-corrected chi connectivity index (χ0v) is 21.2. The lowest BCUT2D eigenvalue weighted by molar-refractivity contribution is -0.147. The van der Waals surface area contributed by atoms with E-state index in [0.29, 0.717) is 29.9 Å². The normalized spacial score (nSPS) is 14.7. The second-order valence-corrected chi connectivity index (χ2v) is 9.84. The number of aliphatic carboxylic acids is 1. The van der Waals surface area contributed by atoms with Crippen LogP contribution in [0.4, 0.5) is 0 Å². The Labute approximate surface area is 215 Å². The maximum absolute atomic E-state index is 12.8. The largest absolute Gasteiger partial charge is 0.481 e. The Balaban J connectivity index is 1.29. The van der Waals surface area contributed by atoms with Crippen molar-refractivity contribution >= 4 is 11.9 Å². The molecule has 0 radical (unpaired) electrons. The molecule has 6 nitrogen and oxygen atoms in total. The Bertz CT molecular complexity index is 1430. The predicted molar refractivity (Wildman–Crippen MR) is 140 cm³/mol. The molecule has 3 aromatic carbocycles. The number of hydrogen-bond acceptors (Lipinski definition) is 5. The topological polar surface area (TPSA) is 89.6 Å². The van der Waals surface area contributed by atoms with Gasteiger partial charge < -0.3 is 14.4 Å². The summed E-state index contributed by atoms with van der Waals surface area (Å²) in [6.45, 7) is 5.70. The Morgan fingerprint density at radius 3 is 2.05 bits per heavy atom. The van der Waals surface area contributed by atoms with Crippen LogP contribution < -0.4 is 0 Å².